The largest absolute Gasteiger partial charge is 0.387 e. The van der Waals surface area contributed by atoms with Gasteiger partial charge in [0.05, 0.1) is 0 Å². The van der Waals surface area contributed by atoms with Crippen molar-refractivity contribution in [2.45, 2.75) is 95.8 Å². The van der Waals surface area contributed by atoms with Gasteiger partial charge in [-0.3, -0.25) is 23.4 Å². The number of aliphatic hydroxyl groups is 3. The Morgan fingerprint density at radius 2 is 1.68 bits per heavy atom. The number of hydrogen-bond donors (Lipinski definition) is 5. The third-order valence-electron chi connectivity index (χ3n) is 6.34. The first-order valence-electron chi connectivity index (χ1n) is 10.4. The number of ether oxygens (including phenoxy) is 1. The third-order valence-corrected chi connectivity index (χ3v) is 8.63. The molecular weight excluding hydrogens is 431 g/mol. The summed E-state index contributed by atoms with van der Waals surface area (Å²) in [4.78, 5) is 36.6. The molecule has 1 fully saturated rings. The smallest absolute Gasteiger partial charge is 0.359 e. The molecule has 1 aliphatic rings. The second-order valence-electron chi connectivity index (χ2n) is 7.98. The van der Waals surface area contributed by atoms with Crippen LogP contribution in [0.25, 0.3) is 0 Å². The van der Waals surface area contributed by atoms with Gasteiger partial charge in [-0.2, -0.15) is 0 Å². The summed E-state index contributed by atoms with van der Waals surface area (Å²) >= 11 is 0. The average molecular weight is 464 g/mol. The van der Waals surface area contributed by atoms with Crippen LogP contribution in [0.2, 0.25) is 0 Å². The van der Waals surface area contributed by atoms with Crippen molar-refractivity contribution in [3.05, 3.63) is 32.6 Å². The van der Waals surface area contributed by atoms with Gasteiger partial charge in [0.25, 0.3) is 5.56 Å². The molecule has 0 spiro atoms. The number of aryl methyl sites for hydroxylation is 1. The number of nitrogens with one attached hydrogen (secondary N) is 1. The highest BCUT2D eigenvalue weighted by Gasteiger charge is 2.58. The molecule has 5 atom stereocenters. The van der Waals surface area contributed by atoms with E-state index in [0.29, 0.717) is 0 Å². The molecule has 2 heterocycles. The highest BCUT2D eigenvalue weighted by Crippen LogP contribution is 2.61. The standard InChI is InChI=1S/C19H33N2O9P/c1-6-18(7-2,30-31(27,28)19(26,8-3)9-4)14-12(22)13(23)16(29-14)21-10-11(5)15(24)20-17(21)25/h10,12-14,16,22-23,26H,6-9H2,1-5H3,(H,27,28)(H,20,24,25)/t12-,13+,14-,16+/m0/s1. The molecule has 2 rings (SSSR count). The lowest BCUT2D eigenvalue weighted by Crippen LogP contribution is -2.51. The summed E-state index contributed by atoms with van der Waals surface area (Å²) in [6.07, 6.45) is -4.45. The molecule has 11 nitrogen and oxygen atoms in total. The van der Waals surface area contributed by atoms with Gasteiger partial charge in [0.15, 0.2) is 11.6 Å². The molecule has 1 aromatic heterocycles. The second kappa shape index (κ2) is 9.27. The lowest BCUT2D eigenvalue weighted by Gasteiger charge is -2.42. The van der Waals surface area contributed by atoms with E-state index in [1.54, 1.807) is 27.7 Å². The first-order valence-corrected chi connectivity index (χ1v) is 12.0. The predicted molar refractivity (Wildman–Crippen MR) is 112 cm³/mol. The molecule has 1 aliphatic heterocycles. The minimum atomic E-state index is -4.62. The maximum Gasteiger partial charge on any atom is 0.359 e. The van der Waals surface area contributed by atoms with Crippen LogP contribution >= 0.6 is 7.60 Å². The van der Waals surface area contributed by atoms with Gasteiger partial charge in [0, 0.05) is 11.8 Å². The highest BCUT2D eigenvalue weighted by atomic mass is 31.2. The van der Waals surface area contributed by atoms with E-state index in [4.69, 9.17) is 9.26 Å². The molecule has 0 saturated carbocycles. The van der Waals surface area contributed by atoms with E-state index in [9.17, 15) is 34.4 Å². The Morgan fingerprint density at radius 3 is 2.16 bits per heavy atom. The molecule has 1 saturated heterocycles. The molecule has 0 amide bonds. The molecule has 0 bridgehead atoms. The number of nitrogens with zero attached hydrogens (tertiary/aromatic N) is 1. The first-order chi connectivity index (χ1) is 14.3. The third kappa shape index (κ3) is 4.45. The molecule has 31 heavy (non-hydrogen) atoms. The van der Waals surface area contributed by atoms with Gasteiger partial charge in [-0.15, -0.1) is 0 Å². The van der Waals surface area contributed by atoms with Gasteiger partial charge in [0.1, 0.15) is 23.9 Å². The lowest BCUT2D eigenvalue weighted by atomic mass is 9.87. The zero-order valence-corrected chi connectivity index (χ0v) is 19.3. The Bertz CT molecular complexity index is 935. The van der Waals surface area contributed by atoms with Gasteiger partial charge < -0.3 is 24.9 Å². The van der Waals surface area contributed by atoms with Crippen molar-refractivity contribution in [1.82, 2.24) is 9.55 Å². The second-order valence-corrected chi connectivity index (χ2v) is 10.0. The number of rotatable bonds is 9. The summed E-state index contributed by atoms with van der Waals surface area (Å²) in [5, 5.41) is 30.0. The Hall–Kier alpha value is -1.33. The number of aromatic amines is 1. The van der Waals surface area contributed by atoms with E-state index in [-0.39, 0.29) is 31.2 Å². The minimum absolute atomic E-state index is 0.0356. The van der Waals surface area contributed by atoms with Gasteiger partial charge in [-0.25, -0.2) is 4.79 Å². The van der Waals surface area contributed by atoms with Crippen LogP contribution in [0.4, 0.5) is 0 Å². The Labute approximate surface area is 180 Å². The van der Waals surface area contributed by atoms with Crippen LogP contribution in [0.15, 0.2) is 15.8 Å². The molecule has 5 N–H and O–H groups in total. The summed E-state index contributed by atoms with van der Waals surface area (Å²) in [6, 6.07) is 0. The van der Waals surface area contributed by atoms with Crippen molar-refractivity contribution < 1.29 is 34.0 Å². The van der Waals surface area contributed by atoms with Crippen molar-refractivity contribution in [3.8, 4) is 0 Å². The van der Waals surface area contributed by atoms with Crippen molar-refractivity contribution >= 4 is 7.60 Å². The first kappa shape index (κ1) is 25.9. The lowest BCUT2D eigenvalue weighted by molar-refractivity contribution is -0.138. The van der Waals surface area contributed by atoms with E-state index in [2.05, 4.69) is 4.98 Å². The molecule has 1 unspecified atom stereocenters. The zero-order valence-electron chi connectivity index (χ0n) is 18.4. The molecule has 1 aromatic rings. The van der Waals surface area contributed by atoms with Crippen LogP contribution in [0, 0.1) is 6.92 Å². The normalized spacial score (nSPS) is 26.7. The van der Waals surface area contributed by atoms with Crippen LogP contribution in [-0.2, 0) is 13.8 Å². The highest BCUT2D eigenvalue weighted by molar-refractivity contribution is 7.54. The maximum absolute atomic E-state index is 13.1. The molecule has 0 radical (unpaired) electrons. The molecule has 0 aliphatic carbocycles. The average Bonchev–Trinajstić information content (AvgIpc) is 3.03. The monoisotopic (exact) mass is 464 g/mol. The maximum atomic E-state index is 13.1. The van der Waals surface area contributed by atoms with E-state index < -0.39 is 54.3 Å². The van der Waals surface area contributed by atoms with Crippen LogP contribution in [0.3, 0.4) is 0 Å². The number of aromatic nitrogens is 2. The van der Waals surface area contributed by atoms with E-state index in [0.717, 1.165) is 4.57 Å². The minimum Gasteiger partial charge on any atom is -0.387 e. The number of H-pyrrole nitrogens is 1. The van der Waals surface area contributed by atoms with Gasteiger partial charge >= 0.3 is 13.3 Å². The fraction of sp³-hybridized carbons (Fsp3) is 0.789. The molecule has 178 valence electrons. The quantitative estimate of drug-likeness (QED) is 0.330. The topological polar surface area (TPSA) is 171 Å². The summed E-state index contributed by atoms with van der Waals surface area (Å²) in [6.45, 7) is 7.90. The van der Waals surface area contributed by atoms with Crippen molar-refractivity contribution in [1.29, 1.82) is 0 Å². The fourth-order valence-electron chi connectivity index (χ4n) is 3.91. The SMILES string of the molecule is CCC(CC)(OP(=O)(O)C(O)(CC)CC)[C@H]1O[C@@H](n2cc(C)c(=O)[nH]c2=O)[C@H](O)[C@@H]1O. The van der Waals surface area contributed by atoms with Crippen LogP contribution < -0.4 is 11.2 Å². The predicted octanol–water partition coefficient (Wildman–Crippen LogP) is 0.734. The van der Waals surface area contributed by atoms with Crippen LogP contribution in [0.1, 0.15) is 65.2 Å². The van der Waals surface area contributed by atoms with Gasteiger partial charge in [-0.1, -0.05) is 27.7 Å². The van der Waals surface area contributed by atoms with Gasteiger partial charge in [-0.05, 0) is 32.6 Å². The Morgan fingerprint density at radius 1 is 1.13 bits per heavy atom. The number of aliphatic hydroxyl groups excluding tert-OH is 2. The van der Waals surface area contributed by atoms with Crippen molar-refractivity contribution in [2.75, 3.05) is 0 Å². The van der Waals surface area contributed by atoms with Crippen molar-refractivity contribution in [3.63, 3.8) is 0 Å². The van der Waals surface area contributed by atoms with Crippen LogP contribution in [-0.4, -0.2) is 59.0 Å². The zero-order chi connectivity index (χ0) is 23.8. The molecular formula is C19H33N2O9P. The molecule has 0 aromatic carbocycles. The van der Waals surface area contributed by atoms with Gasteiger partial charge in [0.2, 0.25) is 0 Å². The van der Waals surface area contributed by atoms with Crippen molar-refractivity contribution in [2.24, 2.45) is 0 Å². The summed E-state index contributed by atoms with van der Waals surface area (Å²) in [7, 11) is -4.62. The summed E-state index contributed by atoms with van der Waals surface area (Å²) in [5.41, 5.74) is -2.78. The number of hydrogen-bond acceptors (Lipinski definition) is 8. The van der Waals surface area contributed by atoms with E-state index in [1.807, 2.05) is 0 Å². The fourth-order valence-corrected chi connectivity index (χ4v) is 5.74. The molecule has 12 heteroatoms. The van der Waals surface area contributed by atoms with E-state index in [1.165, 1.54) is 13.1 Å². The Kier molecular flexibility index (Phi) is 7.75. The summed E-state index contributed by atoms with van der Waals surface area (Å²) < 4.78 is 25.5. The Balaban J connectivity index is 2.48. The van der Waals surface area contributed by atoms with Crippen LogP contribution in [0.5, 0.6) is 0 Å². The summed E-state index contributed by atoms with van der Waals surface area (Å²) in [5.74, 6) is 0. The van der Waals surface area contributed by atoms with E-state index >= 15 is 0 Å².